The fourth-order valence-corrected chi connectivity index (χ4v) is 5.30. The van der Waals surface area contributed by atoms with Gasteiger partial charge in [0, 0.05) is 31.9 Å². The lowest BCUT2D eigenvalue weighted by molar-refractivity contribution is -0.307. The molecule has 1 unspecified atom stereocenters. The monoisotopic (exact) mass is 685 g/mol. The number of amides is 1. The van der Waals surface area contributed by atoms with E-state index < -0.39 is 63.2 Å². The predicted molar refractivity (Wildman–Crippen MR) is 131 cm³/mol. The van der Waals surface area contributed by atoms with Gasteiger partial charge < -0.3 is 9.08 Å². The maximum absolute atomic E-state index is 14.8. The molecule has 2 aromatic heterocycles. The predicted octanol–water partition coefficient (Wildman–Crippen LogP) is 5.94. The third-order valence-corrected chi connectivity index (χ3v) is 8.38. The standard InChI is InChI=1S/C23H18ClF10N5O4S/c1-37(12-4-5-12)20(40)13-7-10(3-6-14(13)24)11-8-35-39(9-11)19-15(16(25)17(26)27)18(36-38(19)2)43-44(41,42)21(28,22(29,30)31)23(32,33)34/h3,6-9,12,16-17H,4-5H2,1-2H3. The first-order valence-electron chi connectivity index (χ1n) is 12.0. The Hall–Kier alpha value is -3.55. The minimum absolute atomic E-state index is 0.0202. The van der Waals surface area contributed by atoms with Crippen molar-refractivity contribution in [3.8, 4) is 22.8 Å². The van der Waals surface area contributed by atoms with Crippen LogP contribution in [0.4, 0.5) is 43.9 Å². The Morgan fingerprint density at radius 3 is 2.18 bits per heavy atom. The molecule has 0 radical (unpaired) electrons. The molecule has 1 saturated carbocycles. The molecule has 1 aliphatic rings. The van der Waals surface area contributed by atoms with Crippen molar-refractivity contribution in [2.75, 3.05) is 7.05 Å². The third-order valence-electron chi connectivity index (χ3n) is 6.52. The minimum Gasteiger partial charge on any atom is -0.357 e. The summed E-state index contributed by atoms with van der Waals surface area (Å²) in [7, 11) is -5.13. The van der Waals surface area contributed by atoms with Crippen LogP contribution in [0.25, 0.3) is 16.9 Å². The molecule has 0 saturated heterocycles. The van der Waals surface area contributed by atoms with Crippen molar-refractivity contribution in [2.24, 2.45) is 7.05 Å². The summed E-state index contributed by atoms with van der Waals surface area (Å²) < 4.78 is 163. The lowest BCUT2D eigenvalue weighted by atomic mass is 10.1. The van der Waals surface area contributed by atoms with Gasteiger partial charge in [-0.3, -0.25) is 4.79 Å². The molecular weight excluding hydrogens is 668 g/mol. The topological polar surface area (TPSA) is 99.3 Å². The summed E-state index contributed by atoms with van der Waals surface area (Å²) in [6.45, 7) is 0. The zero-order valence-corrected chi connectivity index (χ0v) is 23.5. The van der Waals surface area contributed by atoms with Gasteiger partial charge in [-0.2, -0.15) is 39.9 Å². The molecule has 1 atom stereocenters. The molecule has 1 aliphatic carbocycles. The number of carbonyl (C=O) groups excluding carboxylic acids is 1. The number of benzene rings is 1. The molecule has 242 valence electrons. The Labute approximate surface area is 246 Å². The average Bonchev–Trinajstić information content (AvgIpc) is 3.56. The van der Waals surface area contributed by atoms with Crippen LogP contribution in [0.5, 0.6) is 5.88 Å². The molecular formula is C23H18ClF10N5O4S. The number of hydrogen-bond donors (Lipinski definition) is 0. The molecule has 1 fully saturated rings. The smallest absolute Gasteiger partial charge is 0.357 e. The molecule has 0 aliphatic heterocycles. The van der Waals surface area contributed by atoms with Gasteiger partial charge in [0.1, 0.15) is 5.56 Å². The van der Waals surface area contributed by atoms with E-state index >= 15 is 0 Å². The number of hydrogen-bond acceptors (Lipinski definition) is 6. The minimum atomic E-state index is -7.50. The van der Waals surface area contributed by atoms with Crippen LogP contribution in [0, 0.1) is 0 Å². The van der Waals surface area contributed by atoms with Gasteiger partial charge in [0.05, 0.1) is 16.8 Å². The summed E-state index contributed by atoms with van der Waals surface area (Å²) in [6.07, 6.45) is -18.4. The summed E-state index contributed by atoms with van der Waals surface area (Å²) >= 11 is 6.18. The molecule has 0 bridgehead atoms. The van der Waals surface area contributed by atoms with Crippen LogP contribution < -0.4 is 4.18 Å². The van der Waals surface area contributed by atoms with Crippen LogP contribution in [0.2, 0.25) is 5.02 Å². The second-order valence-corrected chi connectivity index (χ2v) is 11.6. The highest BCUT2D eigenvalue weighted by Crippen LogP contribution is 2.51. The Balaban J connectivity index is 1.80. The van der Waals surface area contributed by atoms with Gasteiger partial charge in [-0.25, -0.2) is 26.9 Å². The van der Waals surface area contributed by atoms with Crippen molar-refractivity contribution in [3.63, 3.8) is 0 Å². The van der Waals surface area contributed by atoms with Crippen LogP contribution in [0.1, 0.15) is 34.9 Å². The van der Waals surface area contributed by atoms with E-state index in [2.05, 4.69) is 14.4 Å². The Kier molecular flexibility index (Phi) is 8.42. The van der Waals surface area contributed by atoms with Crippen molar-refractivity contribution in [1.29, 1.82) is 0 Å². The van der Waals surface area contributed by atoms with Crippen molar-refractivity contribution in [2.45, 2.75) is 48.8 Å². The van der Waals surface area contributed by atoms with Gasteiger partial charge in [0.25, 0.3) is 18.2 Å². The van der Waals surface area contributed by atoms with E-state index in [0.29, 0.717) is 9.36 Å². The molecule has 1 aromatic carbocycles. The fourth-order valence-electron chi connectivity index (χ4n) is 4.09. The summed E-state index contributed by atoms with van der Waals surface area (Å²) in [5.41, 5.74) is -1.24. The summed E-state index contributed by atoms with van der Waals surface area (Å²) in [5.74, 6) is -3.40. The first-order chi connectivity index (χ1) is 20.1. The molecule has 3 aromatic rings. The number of alkyl halides is 10. The van der Waals surface area contributed by atoms with E-state index in [4.69, 9.17) is 11.6 Å². The van der Waals surface area contributed by atoms with Crippen molar-refractivity contribution in [1.82, 2.24) is 24.5 Å². The molecule has 0 N–H and O–H groups in total. The lowest BCUT2D eigenvalue weighted by Crippen LogP contribution is -2.60. The molecule has 4 rings (SSSR count). The van der Waals surface area contributed by atoms with Crippen LogP contribution in [-0.2, 0) is 17.2 Å². The maximum atomic E-state index is 14.8. The SMILES string of the molecule is CN(C(=O)c1cc(-c2cnn(-c3c(C(F)C(F)F)c(OS(=O)(=O)C(F)(C(F)(F)F)C(F)(F)F)nn3C)c2)ccc1Cl)C1CC1. The van der Waals surface area contributed by atoms with E-state index in [0.717, 1.165) is 32.3 Å². The molecule has 0 spiro atoms. The van der Waals surface area contributed by atoms with Crippen LogP contribution in [0.3, 0.4) is 0 Å². The van der Waals surface area contributed by atoms with E-state index in [-0.39, 0.29) is 27.8 Å². The van der Waals surface area contributed by atoms with Gasteiger partial charge in [-0.1, -0.05) is 17.7 Å². The number of aromatic nitrogens is 4. The average molecular weight is 686 g/mol. The lowest BCUT2D eigenvalue weighted by Gasteiger charge is -2.28. The number of aryl methyl sites for hydroxylation is 1. The first kappa shape index (κ1) is 33.3. The fraction of sp³-hybridized carbons (Fsp3) is 0.435. The normalized spacial score (nSPS) is 15.5. The van der Waals surface area contributed by atoms with Gasteiger partial charge in [-0.15, -0.1) is 5.10 Å². The highest BCUT2D eigenvalue weighted by molar-refractivity contribution is 7.88. The van der Waals surface area contributed by atoms with Gasteiger partial charge in [0.2, 0.25) is 0 Å². The van der Waals surface area contributed by atoms with Crippen LogP contribution in [0.15, 0.2) is 30.6 Å². The second kappa shape index (κ2) is 11.1. The van der Waals surface area contributed by atoms with E-state index in [1.165, 1.54) is 23.1 Å². The van der Waals surface area contributed by atoms with Crippen LogP contribution in [-0.4, -0.2) is 75.7 Å². The number of nitrogens with zero attached hydrogens (tertiary/aromatic N) is 5. The van der Waals surface area contributed by atoms with Gasteiger partial charge in [-0.05, 0) is 30.5 Å². The maximum Gasteiger partial charge on any atom is 0.450 e. The second-order valence-electron chi connectivity index (χ2n) is 9.55. The Morgan fingerprint density at radius 1 is 1.07 bits per heavy atom. The Bertz CT molecular complexity index is 1670. The molecule has 9 nitrogen and oxygen atoms in total. The highest BCUT2D eigenvalue weighted by atomic mass is 35.5. The summed E-state index contributed by atoms with van der Waals surface area (Å²) in [5, 5.41) is -0.0203. The van der Waals surface area contributed by atoms with E-state index in [1.807, 2.05) is 0 Å². The number of halogens is 11. The van der Waals surface area contributed by atoms with Gasteiger partial charge >= 0.3 is 27.5 Å². The first-order valence-corrected chi connectivity index (χ1v) is 13.8. The van der Waals surface area contributed by atoms with Crippen molar-refractivity contribution >= 4 is 27.6 Å². The van der Waals surface area contributed by atoms with Crippen molar-refractivity contribution < 1.29 is 61.3 Å². The van der Waals surface area contributed by atoms with E-state index in [1.54, 1.807) is 7.05 Å². The number of carbonyl (C=O) groups is 1. The van der Waals surface area contributed by atoms with Crippen LogP contribution >= 0.6 is 11.6 Å². The van der Waals surface area contributed by atoms with E-state index in [9.17, 15) is 57.1 Å². The molecule has 1 amide bonds. The molecule has 44 heavy (non-hydrogen) atoms. The van der Waals surface area contributed by atoms with Crippen molar-refractivity contribution in [3.05, 3.63) is 46.7 Å². The summed E-state index contributed by atoms with van der Waals surface area (Å²) in [4.78, 5) is 14.3. The summed E-state index contributed by atoms with van der Waals surface area (Å²) in [6, 6.07) is 4.14. The molecule has 21 heteroatoms. The van der Waals surface area contributed by atoms with Gasteiger partial charge in [0.15, 0.2) is 12.0 Å². The number of rotatable bonds is 9. The highest BCUT2D eigenvalue weighted by Gasteiger charge is 2.82. The molecule has 2 heterocycles. The zero-order valence-electron chi connectivity index (χ0n) is 22.0. The zero-order chi connectivity index (χ0) is 33.2. The largest absolute Gasteiger partial charge is 0.450 e. The Morgan fingerprint density at radius 2 is 1.66 bits per heavy atom. The third kappa shape index (κ3) is 5.68. The quantitative estimate of drug-likeness (QED) is 0.205.